The lowest BCUT2D eigenvalue weighted by Gasteiger charge is -2.07. The van der Waals surface area contributed by atoms with Crippen LogP contribution in [0, 0.1) is 0 Å². The maximum atomic E-state index is 5.94. The molecule has 0 unspecified atom stereocenters. The molecule has 0 atom stereocenters. The molecule has 0 bridgehead atoms. The van der Waals surface area contributed by atoms with Crippen molar-refractivity contribution < 1.29 is 0 Å². The van der Waals surface area contributed by atoms with Crippen LogP contribution >= 0.6 is 58.3 Å². The number of thiazole rings is 2. The molecular weight excluding hydrogens is 673 g/mol. The second-order valence-electron chi connectivity index (χ2n) is 10.3. The second kappa shape index (κ2) is 17.3. The van der Waals surface area contributed by atoms with Crippen molar-refractivity contribution in [2.45, 2.75) is 19.8 Å². The standard InChI is InChI=1S/C20H20ClN3S.C16H13ClN2S.ClH/c1-3-24(2)14-22-18-10-4-15(5-11-18)12-20-23-19(13-25-20)16-6-8-17(21)9-7-16;17-13-5-3-12(4-6-13)15-10-20-16(19-15)9-11-1-7-14(18)8-2-11;/h4-11,13-14H,3,12H2,1-2H3;1-8,10H,9,18H2;1H. The Balaban J connectivity index is 0.000000209. The maximum Gasteiger partial charge on any atom is 0.0976 e. The lowest BCUT2D eigenvalue weighted by Crippen LogP contribution is -2.14. The van der Waals surface area contributed by atoms with E-state index in [4.69, 9.17) is 33.9 Å². The van der Waals surface area contributed by atoms with E-state index in [1.807, 2.05) is 103 Å². The van der Waals surface area contributed by atoms with Crippen molar-refractivity contribution in [2.75, 3.05) is 19.3 Å². The Bertz CT molecular complexity index is 1820. The van der Waals surface area contributed by atoms with Crippen LogP contribution in [0.5, 0.6) is 0 Å². The molecule has 10 heteroatoms. The minimum absolute atomic E-state index is 0. The van der Waals surface area contributed by atoms with Crippen molar-refractivity contribution in [3.63, 3.8) is 0 Å². The van der Waals surface area contributed by atoms with Gasteiger partial charge in [-0.2, -0.15) is 0 Å². The Morgan fingerprint density at radius 2 is 1.13 bits per heavy atom. The first-order valence-electron chi connectivity index (χ1n) is 14.4. The van der Waals surface area contributed by atoms with Gasteiger partial charge in [0.2, 0.25) is 0 Å². The molecule has 2 aromatic heterocycles. The van der Waals surface area contributed by atoms with E-state index in [0.29, 0.717) is 0 Å². The predicted octanol–water partition coefficient (Wildman–Crippen LogP) is 10.7. The van der Waals surface area contributed by atoms with Crippen LogP contribution in [0.2, 0.25) is 10.0 Å². The van der Waals surface area contributed by atoms with E-state index in [1.165, 1.54) is 11.1 Å². The molecule has 0 aliphatic heterocycles. The average molecular weight is 707 g/mol. The number of nitrogens with zero attached hydrogens (tertiary/aromatic N) is 4. The van der Waals surface area contributed by atoms with E-state index in [-0.39, 0.29) is 12.4 Å². The fourth-order valence-corrected chi connectivity index (χ4v) is 6.15. The summed E-state index contributed by atoms with van der Waals surface area (Å²) in [5, 5.41) is 7.86. The number of nitrogens with two attached hydrogens (primary N) is 1. The molecule has 0 saturated heterocycles. The Hall–Kier alpha value is -3.72. The lowest BCUT2D eigenvalue weighted by molar-refractivity contribution is 0.552. The van der Waals surface area contributed by atoms with Crippen LogP contribution in [0.1, 0.15) is 28.1 Å². The van der Waals surface area contributed by atoms with Crippen molar-refractivity contribution in [3.05, 3.63) is 139 Å². The number of aliphatic imine (C=N–C) groups is 1. The number of anilines is 1. The molecule has 46 heavy (non-hydrogen) atoms. The van der Waals surface area contributed by atoms with Gasteiger partial charge in [0, 0.05) is 64.1 Å². The Kier molecular flexibility index (Phi) is 13.2. The van der Waals surface area contributed by atoms with Gasteiger partial charge < -0.3 is 10.6 Å². The summed E-state index contributed by atoms with van der Waals surface area (Å²) >= 11 is 15.2. The summed E-state index contributed by atoms with van der Waals surface area (Å²) in [5.41, 5.74) is 14.1. The summed E-state index contributed by atoms with van der Waals surface area (Å²) in [4.78, 5) is 15.9. The Morgan fingerprint density at radius 1 is 0.696 bits per heavy atom. The third-order valence-electron chi connectivity index (χ3n) is 6.91. The van der Waals surface area contributed by atoms with Gasteiger partial charge in [0.25, 0.3) is 0 Å². The van der Waals surface area contributed by atoms with Crippen LogP contribution in [0.25, 0.3) is 22.5 Å². The summed E-state index contributed by atoms with van der Waals surface area (Å²) in [6.07, 6.45) is 3.52. The SMILES string of the molecule is CCN(C)C=Nc1ccc(Cc2nc(-c3ccc(Cl)cc3)cs2)cc1.Cl.Nc1ccc(Cc2nc(-c3ccc(Cl)cc3)cs2)cc1. The number of hydrogen-bond acceptors (Lipinski definition) is 6. The first-order chi connectivity index (χ1) is 21.8. The third kappa shape index (κ3) is 10.4. The number of rotatable bonds is 9. The lowest BCUT2D eigenvalue weighted by atomic mass is 10.1. The summed E-state index contributed by atoms with van der Waals surface area (Å²) in [6.45, 7) is 3.04. The minimum Gasteiger partial charge on any atom is -0.399 e. The molecule has 6 rings (SSSR count). The van der Waals surface area contributed by atoms with Crippen molar-refractivity contribution in [1.29, 1.82) is 0 Å². The van der Waals surface area contributed by atoms with Crippen molar-refractivity contribution in [2.24, 2.45) is 4.99 Å². The van der Waals surface area contributed by atoms with Crippen molar-refractivity contribution >= 4 is 76.0 Å². The van der Waals surface area contributed by atoms with Crippen molar-refractivity contribution in [1.82, 2.24) is 14.9 Å². The van der Waals surface area contributed by atoms with E-state index in [0.717, 1.165) is 73.3 Å². The highest BCUT2D eigenvalue weighted by molar-refractivity contribution is 7.10. The van der Waals surface area contributed by atoms with E-state index >= 15 is 0 Å². The van der Waals surface area contributed by atoms with Crippen LogP contribution in [0.15, 0.2) is 113 Å². The third-order valence-corrected chi connectivity index (χ3v) is 9.11. The molecule has 6 aromatic rings. The van der Waals surface area contributed by atoms with Gasteiger partial charge in [-0.15, -0.1) is 35.1 Å². The summed E-state index contributed by atoms with van der Waals surface area (Å²) < 4.78 is 0. The number of nitrogen functional groups attached to an aromatic ring is 1. The highest BCUT2D eigenvalue weighted by Crippen LogP contribution is 2.26. The molecule has 0 fully saturated rings. The zero-order valence-electron chi connectivity index (χ0n) is 25.4. The molecule has 4 aromatic carbocycles. The van der Waals surface area contributed by atoms with Crippen LogP contribution < -0.4 is 5.73 Å². The van der Waals surface area contributed by atoms with Gasteiger partial charge in [0.15, 0.2) is 0 Å². The van der Waals surface area contributed by atoms with Crippen LogP contribution in [0.3, 0.4) is 0 Å². The predicted molar refractivity (Wildman–Crippen MR) is 202 cm³/mol. The summed E-state index contributed by atoms with van der Waals surface area (Å²) in [6, 6.07) is 31.8. The topological polar surface area (TPSA) is 67.4 Å². The van der Waals surface area contributed by atoms with Crippen LogP contribution in [-0.4, -0.2) is 34.8 Å². The first kappa shape index (κ1) is 35.1. The molecule has 0 spiro atoms. The highest BCUT2D eigenvalue weighted by Gasteiger charge is 2.07. The monoisotopic (exact) mass is 705 g/mol. The zero-order chi connectivity index (χ0) is 31.6. The molecule has 2 heterocycles. The Morgan fingerprint density at radius 3 is 1.57 bits per heavy atom. The van der Waals surface area contributed by atoms with Gasteiger partial charge in [-0.05, 0) is 66.6 Å². The van der Waals surface area contributed by atoms with Crippen LogP contribution in [0.4, 0.5) is 11.4 Å². The normalized spacial score (nSPS) is 10.7. The van der Waals surface area contributed by atoms with Gasteiger partial charge in [-0.25, -0.2) is 15.0 Å². The molecule has 0 aliphatic rings. The van der Waals surface area contributed by atoms with Gasteiger partial charge in [-0.1, -0.05) is 71.7 Å². The van der Waals surface area contributed by atoms with Gasteiger partial charge >= 0.3 is 0 Å². The summed E-state index contributed by atoms with van der Waals surface area (Å²) in [5.74, 6) is 0. The molecule has 0 amide bonds. The van der Waals surface area contributed by atoms with E-state index in [1.54, 1.807) is 22.7 Å². The largest absolute Gasteiger partial charge is 0.399 e. The van der Waals surface area contributed by atoms with Gasteiger partial charge in [0.1, 0.15) is 0 Å². The molecule has 5 nitrogen and oxygen atoms in total. The van der Waals surface area contributed by atoms with Gasteiger partial charge in [-0.3, -0.25) is 0 Å². The summed E-state index contributed by atoms with van der Waals surface area (Å²) in [7, 11) is 2.01. The molecule has 0 aliphatic carbocycles. The molecule has 0 saturated carbocycles. The molecule has 0 radical (unpaired) electrons. The van der Waals surface area contributed by atoms with E-state index in [9.17, 15) is 0 Å². The first-order valence-corrected chi connectivity index (χ1v) is 16.9. The van der Waals surface area contributed by atoms with Crippen molar-refractivity contribution in [3.8, 4) is 22.5 Å². The Labute approximate surface area is 294 Å². The smallest absolute Gasteiger partial charge is 0.0976 e. The zero-order valence-corrected chi connectivity index (χ0v) is 29.4. The number of halogens is 3. The highest BCUT2D eigenvalue weighted by atomic mass is 35.5. The minimum atomic E-state index is 0. The number of aromatic nitrogens is 2. The average Bonchev–Trinajstić information content (AvgIpc) is 3.73. The quantitative estimate of drug-likeness (QED) is 0.0923. The molecular formula is C36H34Cl3N5S2. The van der Waals surface area contributed by atoms with E-state index in [2.05, 4.69) is 39.8 Å². The van der Waals surface area contributed by atoms with Gasteiger partial charge in [0.05, 0.1) is 33.4 Å². The maximum absolute atomic E-state index is 5.94. The fraction of sp³-hybridized carbons (Fsp3) is 0.139. The molecule has 236 valence electrons. The second-order valence-corrected chi connectivity index (χ2v) is 13.1. The van der Waals surface area contributed by atoms with Crippen LogP contribution in [-0.2, 0) is 12.8 Å². The van der Waals surface area contributed by atoms with E-state index < -0.39 is 0 Å². The number of benzene rings is 4. The fourth-order valence-electron chi connectivity index (χ4n) is 4.22. The molecule has 2 N–H and O–H groups in total. The number of hydrogen-bond donors (Lipinski definition) is 1.